The van der Waals surface area contributed by atoms with Crippen LogP contribution in [0.25, 0.3) is 0 Å². The number of pyridine rings is 1. The Morgan fingerprint density at radius 1 is 1.35 bits per heavy atom. The van der Waals surface area contributed by atoms with Crippen molar-refractivity contribution in [2.75, 3.05) is 39.2 Å². The van der Waals surface area contributed by atoms with Crippen LogP contribution in [0.4, 0.5) is 5.82 Å². The Labute approximate surface area is 135 Å². The summed E-state index contributed by atoms with van der Waals surface area (Å²) in [5, 5.41) is 3.06. The molecule has 7 heteroatoms. The molecule has 0 spiro atoms. The monoisotopic (exact) mass is 315 g/mol. The van der Waals surface area contributed by atoms with Gasteiger partial charge in [0.25, 0.3) is 0 Å². The lowest BCUT2D eigenvalue weighted by molar-refractivity contribution is -0.0349. The van der Waals surface area contributed by atoms with E-state index in [2.05, 4.69) is 25.2 Å². The molecule has 2 aromatic heterocycles. The fourth-order valence-corrected chi connectivity index (χ4v) is 2.58. The van der Waals surface area contributed by atoms with Gasteiger partial charge in [-0.2, -0.15) is 0 Å². The Bertz CT molecular complexity index is 635. The van der Waals surface area contributed by atoms with Crippen molar-refractivity contribution in [3.05, 3.63) is 41.9 Å². The molecule has 0 aromatic carbocycles. The molecule has 3 rings (SSSR count). The maximum Gasteiger partial charge on any atom is 0.316 e. The van der Waals surface area contributed by atoms with Gasteiger partial charge in [0, 0.05) is 44.6 Å². The summed E-state index contributed by atoms with van der Waals surface area (Å²) in [5.41, 5.74) is 2.01. The first-order valence-corrected chi connectivity index (χ1v) is 7.62. The summed E-state index contributed by atoms with van der Waals surface area (Å²) in [6, 6.07) is 6.33. The van der Waals surface area contributed by atoms with Gasteiger partial charge in [-0.25, -0.2) is 15.0 Å². The average Bonchev–Trinajstić information content (AvgIpc) is 2.63. The zero-order chi connectivity index (χ0) is 16.1. The summed E-state index contributed by atoms with van der Waals surface area (Å²) >= 11 is 0. The zero-order valence-corrected chi connectivity index (χ0v) is 13.4. The molecule has 1 aliphatic rings. The van der Waals surface area contributed by atoms with Crippen molar-refractivity contribution in [2.24, 2.45) is 0 Å². The van der Waals surface area contributed by atoms with Crippen molar-refractivity contribution in [3.8, 4) is 6.01 Å². The van der Waals surface area contributed by atoms with Crippen molar-refractivity contribution in [1.82, 2.24) is 19.9 Å². The van der Waals surface area contributed by atoms with Gasteiger partial charge in [0.1, 0.15) is 11.9 Å². The Kier molecular flexibility index (Phi) is 4.99. The number of hydrogen-bond donors (Lipinski definition) is 1. The van der Waals surface area contributed by atoms with Crippen molar-refractivity contribution in [3.63, 3.8) is 0 Å². The molecule has 3 heterocycles. The summed E-state index contributed by atoms with van der Waals surface area (Å²) in [6.45, 7) is 3.16. The number of anilines is 1. The predicted octanol–water partition coefficient (Wildman–Crippen LogP) is 1.50. The molecule has 122 valence electrons. The standard InChI is InChI=1S/C16H21N5O2/c1-17-15-5-3-4-13(20-15)14-11-21(6-7-23-14)10-12-8-18-16(22-2)19-9-12/h3-5,8-9,14H,6-7,10-11H2,1-2H3,(H,17,20)/t14-/m0/s1. The van der Waals surface area contributed by atoms with E-state index in [1.165, 1.54) is 0 Å². The highest BCUT2D eigenvalue weighted by Gasteiger charge is 2.23. The Balaban J connectivity index is 1.65. The first-order chi connectivity index (χ1) is 11.3. The third-order valence-corrected chi connectivity index (χ3v) is 3.78. The van der Waals surface area contributed by atoms with Crippen LogP contribution < -0.4 is 10.1 Å². The molecule has 0 amide bonds. The first kappa shape index (κ1) is 15.6. The third-order valence-electron chi connectivity index (χ3n) is 3.78. The van der Waals surface area contributed by atoms with Crippen molar-refractivity contribution < 1.29 is 9.47 Å². The molecular formula is C16H21N5O2. The fourth-order valence-electron chi connectivity index (χ4n) is 2.58. The SMILES string of the molecule is CNc1cccc([C@@H]2CN(Cc3cnc(OC)nc3)CCO2)n1. The molecule has 0 radical (unpaired) electrons. The Hall–Kier alpha value is -2.25. The average molecular weight is 315 g/mol. The number of methoxy groups -OCH3 is 1. The number of morpholine rings is 1. The zero-order valence-electron chi connectivity index (χ0n) is 13.4. The maximum absolute atomic E-state index is 5.88. The fraction of sp³-hybridized carbons (Fsp3) is 0.438. The number of nitrogens with zero attached hydrogens (tertiary/aromatic N) is 4. The van der Waals surface area contributed by atoms with Crippen LogP contribution in [0, 0.1) is 0 Å². The molecule has 23 heavy (non-hydrogen) atoms. The van der Waals surface area contributed by atoms with Gasteiger partial charge in [-0.15, -0.1) is 0 Å². The van der Waals surface area contributed by atoms with E-state index in [0.717, 1.165) is 36.7 Å². The number of nitrogens with one attached hydrogen (secondary N) is 1. The van der Waals surface area contributed by atoms with E-state index in [9.17, 15) is 0 Å². The molecule has 0 saturated carbocycles. The molecule has 1 atom stereocenters. The second kappa shape index (κ2) is 7.34. The van der Waals surface area contributed by atoms with Crippen LogP contribution in [0.5, 0.6) is 6.01 Å². The highest BCUT2D eigenvalue weighted by Crippen LogP contribution is 2.22. The van der Waals surface area contributed by atoms with Crippen LogP contribution in [0.15, 0.2) is 30.6 Å². The van der Waals surface area contributed by atoms with Gasteiger partial charge < -0.3 is 14.8 Å². The highest BCUT2D eigenvalue weighted by molar-refractivity contribution is 5.34. The summed E-state index contributed by atoms with van der Waals surface area (Å²) in [6.07, 6.45) is 3.59. The maximum atomic E-state index is 5.88. The van der Waals surface area contributed by atoms with Gasteiger partial charge >= 0.3 is 6.01 Å². The van der Waals surface area contributed by atoms with E-state index >= 15 is 0 Å². The third kappa shape index (κ3) is 3.94. The van der Waals surface area contributed by atoms with Gasteiger partial charge in [0.15, 0.2) is 0 Å². The Morgan fingerprint density at radius 3 is 2.91 bits per heavy atom. The first-order valence-electron chi connectivity index (χ1n) is 7.62. The van der Waals surface area contributed by atoms with Gasteiger partial charge in [0.05, 0.1) is 19.4 Å². The normalized spacial score (nSPS) is 18.6. The van der Waals surface area contributed by atoms with Crippen LogP contribution in [-0.2, 0) is 11.3 Å². The predicted molar refractivity (Wildman–Crippen MR) is 86.3 cm³/mol. The van der Waals surface area contributed by atoms with Gasteiger partial charge in [-0.1, -0.05) is 6.07 Å². The topological polar surface area (TPSA) is 72.4 Å². The molecule has 0 bridgehead atoms. The summed E-state index contributed by atoms with van der Waals surface area (Å²) in [5.74, 6) is 0.853. The smallest absolute Gasteiger partial charge is 0.316 e. The molecule has 0 unspecified atom stereocenters. The van der Waals surface area contributed by atoms with E-state index in [1.807, 2.05) is 25.2 Å². The minimum Gasteiger partial charge on any atom is -0.467 e. The van der Waals surface area contributed by atoms with Crippen LogP contribution in [-0.4, -0.2) is 53.7 Å². The summed E-state index contributed by atoms with van der Waals surface area (Å²) in [7, 11) is 3.43. The molecular weight excluding hydrogens is 294 g/mol. The second-order valence-corrected chi connectivity index (χ2v) is 5.37. The minimum atomic E-state index is -0.0174. The molecule has 0 aliphatic carbocycles. The second-order valence-electron chi connectivity index (χ2n) is 5.37. The van der Waals surface area contributed by atoms with Crippen LogP contribution in [0.2, 0.25) is 0 Å². The van der Waals surface area contributed by atoms with E-state index in [1.54, 1.807) is 19.5 Å². The van der Waals surface area contributed by atoms with Crippen molar-refractivity contribution >= 4 is 5.82 Å². The lowest BCUT2D eigenvalue weighted by Crippen LogP contribution is -2.38. The number of hydrogen-bond acceptors (Lipinski definition) is 7. The number of rotatable bonds is 5. The van der Waals surface area contributed by atoms with Gasteiger partial charge in [-0.3, -0.25) is 4.90 Å². The van der Waals surface area contributed by atoms with E-state index in [4.69, 9.17) is 9.47 Å². The highest BCUT2D eigenvalue weighted by atomic mass is 16.5. The van der Waals surface area contributed by atoms with E-state index in [-0.39, 0.29) is 6.10 Å². The Morgan fingerprint density at radius 2 is 2.17 bits per heavy atom. The minimum absolute atomic E-state index is 0.0174. The summed E-state index contributed by atoms with van der Waals surface area (Å²) < 4.78 is 10.9. The van der Waals surface area contributed by atoms with Crippen molar-refractivity contribution in [1.29, 1.82) is 0 Å². The number of ether oxygens (including phenoxy) is 2. The molecule has 1 aliphatic heterocycles. The van der Waals surface area contributed by atoms with Gasteiger partial charge in [0.2, 0.25) is 0 Å². The van der Waals surface area contributed by atoms with E-state index < -0.39 is 0 Å². The molecule has 7 nitrogen and oxygen atoms in total. The van der Waals surface area contributed by atoms with Crippen molar-refractivity contribution in [2.45, 2.75) is 12.6 Å². The largest absolute Gasteiger partial charge is 0.467 e. The van der Waals surface area contributed by atoms with Crippen LogP contribution in [0.3, 0.4) is 0 Å². The quantitative estimate of drug-likeness (QED) is 0.896. The number of aromatic nitrogens is 3. The summed E-state index contributed by atoms with van der Waals surface area (Å²) in [4.78, 5) is 15.2. The molecule has 1 fully saturated rings. The lowest BCUT2D eigenvalue weighted by Gasteiger charge is -2.32. The van der Waals surface area contributed by atoms with E-state index in [0.29, 0.717) is 12.6 Å². The van der Waals surface area contributed by atoms with Gasteiger partial charge in [-0.05, 0) is 12.1 Å². The van der Waals surface area contributed by atoms with Crippen LogP contribution >= 0.6 is 0 Å². The lowest BCUT2D eigenvalue weighted by atomic mass is 10.1. The molecule has 2 aromatic rings. The molecule has 1 N–H and O–H groups in total. The molecule has 1 saturated heterocycles. The van der Waals surface area contributed by atoms with Crippen LogP contribution in [0.1, 0.15) is 17.4 Å².